The summed E-state index contributed by atoms with van der Waals surface area (Å²) in [5.74, 6) is 0.344. The highest BCUT2D eigenvalue weighted by atomic mass is 16.3. The molecule has 1 aliphatic heterocycles. The van der Waals surface area contributed by atoms with Crippen molar-refractivity contribution in [3.05, 3.63) is 35.8 Å². The highest BCUT2D eigenvalue weighted by Crippen LogP contribution is 2.14. The van der Waals surface area contributed by atoms with Gasteiger partial charge >= 0.3 is 0 Å². The first-order chi connectivity index (χ1) is 17.1. The molecule has 0 bridgehead atoms. The van der Waals surface area contributed by atoms with Crippen molar-refractivity contribution in [3.63, 3.8) is 0 Å². The minimum atomic E-state index is -0.250. The van der Waals surface area contributed by atoms with E-state index in [0.717, 1.165) is 6.04 Å². The minimum Gasteiger partial charge on any atom is -0.467 e. The standard InChI is InChI=1S/C17H25N3O4.C8H17N.C3H8/c1-12(2)15(20(4)16(22)10-18-11-21)8-13(3)17(23)19-9-14-6-5-7-24-14;1-8(2)9-6-4-3-5-7-9;1-3-2/h5-8,11-12,15H,9-10H2,1-4H3,(H,18,21)(H,19,23);8H,3-7H2,1-2H3;3H2,1-2H3/b13-8+;;/t15-;;/m1../s1. The van der Waals surface area contributed by atoms with Crippen LogP contribution in [0.25, 0.3) is 0 Å². The van der Waals surface area contributed by atoms with Crippen LogP contribution in [0.5, 0.6) is 0 Å². The van der Waals surface area contributed by atoms with Gasteiger partial charge in [0, 0.05) is 18.7 Å². The van der Waals surface area contributed by atoms with E-state index < -0.39 is 0 Å². The molecule has 3 amide bonds. The van der Waals surface area contributed by atoms with Crippen LogP contribution in [0.4, 0.5) is 0 Å². The Morgan fingerprint density at radius 1 is 1.14 bits per heavy atom. The van der Waals surface area contributed by atoms with Gasteiger partial charge in [0.15, 0.2) is 0 Å². The Labute approximate surface area is 218 Å². The Morgan fingerprint density at radius 3 is 2.19 bits per heavy atom. The van der Waals surface area contributed by atoms with E-state index in [9.17, 15) is 14.4 Å². The van der Waals surface area contributed by atoms with E-state index in [1.807, 2.05) is 13.8 Å². The Morgan fingerprint density at radius 2 is 1.75 bits per heavy atom. The Kier molecular flexibility index (Phi) is 18.1. The molecule has 0 unspecified atom stereocenters. The number of furan rings is 1. The fraction of sp³-hybridized carbons (Fsp3) is 0.679. The predicted molar refractivity (Wildman–Crippen MR) is 146 cm³/mol. The predicted octanol–water partition coefficient (Wildman–Crippen LogP) is 4.37. The van der Waals surface area contributed by atoms with Crippen LogP contribution in [0.2, 0.25) is 0 Å². The number of carbonyl (C=O) groups excluding carboxylic acids is 3. The van der Waals surface area contributed by atoms with Crippen molar-refractivity contribution >= 4 is 18.2 Å². The second-order valence-corrected chi connectivity index (χ2v) is 9.75. The molecule has 8 heteroatoms. The van der Waals surface area contributed by atoms with Gasteiger partial charge in [0.25, 0.3) is 0 Å². The summed E-state index contributed by atoms with van der Waals surface area (Å²) < 4.78 is 5.17. The molecule has 1 saturated heterocycles. The van der Waals surface area contributed by atoms with Gasteiger partial charge in [-0.25, -0.2) is 0 Å². The number of nitrogens with zero attached hydrogens (tertiary/aromatic N) is 2. The fourth-order valence-electron chi connectivity index (χ4n) is 3.66. The monoisotopic (exact) mass is 506 g/mol. The zero-order valence-corrected chi connectivity index (χ0v) is 23.8. The first-order valence-corrected chi connectivity index (χ1v) is 13.2. The van der Waals surface area contributed by atoms with Crippen molar-refractivity contribution in [2.45, 2.75) is 92.8 Å². The van der Waals surface area contributed by atoms with Gasteiger partial charge in [0.05, 0.1) is 25.4 Å². The third-order valence-corrected chi connectivity index (χ3v) is 5.76. The van der Waals surface area contributed by atoms with E-state index in [4.69, 9.17) is 4.42 Å². The maximum Gasteiger partial charge on any atom is 0.247 e. The molecule has 0 aromatic carbocycles. The van der Waals surface area contributed by atoms with Crippen molar-refractivity contribution in [1.82, 2.24) is 20.4 Å². The zero-order valence-electron chi connectivity index (χ0n) is 23.8. The summed E-state index contributed by atoms with van der Waals surface area (Å²) in [5, 5.41) is 5.12. The lowest BCUT2D eigenvalue weighted by atomic mass is 10.00. The van der Waals surface area contributed by atoms with Crippen LogP contribution in [-0.4, -0.2) is 66.8 Å². The van der Waals surface area contributed by atoms with E-state index in [-0.39, 0.29) is 30.3 Å². The summed E-state index contributed by atoms with van der Waals surface area (Å²) in [6.07, 6.45) is 9.33. The number of amides is 3. The van der Waals surface area contributed by atoms with Crippen LogP contribution in [0.1, 0.15) is 79.9 Å². The van der Waals surface area contributed by atoms with Gasteiger partial charge in [-0.05, 0) is 64.8 Å². The average Bonchev–Trinajstić information content (AvgIpc) is 3.38. The van der Waals surface area contributed by atoms with Gasteiger partial charge in [0.2, 0.25) is 18.2 Å². The lowest BCUT2D eigenvalue weighted by Crippen LogP contribution is -2.43. The number of hydrogen-bond acceptors (Lipinski definition) is 5. The zero-order chi connectivity index (χ0) is 27.5. The molecule has 1 atom stereocenters. The van der Waals surface area contributed by atoms with Gasteiger partial charge in [0.1, 0.15) is 5.76 Å². The molecule has 1 fully saturated rings. The second-order valence-electron chi connectivity index (χ2n) is 9.75. The van der Waals surface area contributed by atoms with E-state index in [0.29, 0.717) is 24.3 Å². The molecule has 0 radical (unpaired) electrons. The fourth-order valence-corrected chi connectivity index (χ4v) is 3.66. The van der Waals surface area contributed by atoms with Crippen molar-refractivity contribution in [1.29, 1.82) is 0 Å². The Hall–Kier alpha value is -2.61. The lowest BCUT2D eigenvalue weighted by Gasteiger charge is -2.29. The number of hydrogen-bond donors (Lipinski definition) is 2. The summed E-state index contributed by atoms with van der Waals surface area (Å²) in [4.78, 5) is 38.6. The number of carbonyl (C=O) groups is 3. The molecule has 1 aliphatic rings. The highest BCUT2D eigenvalue weighted by Gasteiger charge is 2.22. The van der Waals surface area contributed by atoms with Crippen LogP contribution < -0.4 is 10.6 Å². The van der Waals surface area contributed by atoms with Gasteiger partial charge in [-0.2, -0.15) is 0 Å². The number of rotatable bonds is 10. The van der Waals surface area contributed by atoms with Gasteiger partial charge < -0.3 is 24.9 Å². The summed E-state index contributed by atoms with van der Waals surface area (Å²) in [6.45, 7) is 17.3. The third kappa shape index (κ3) is 14.1. The molecule has 2 rings (SSSR count). The van der Waals surface area contributed by atoms with E-state index in [1.54, 1.807) is 38.4 Å². The van der Waals surface area contributed by atoms with E-state index in [1.165, 1.54) is 43.7 Å². The van der Waals surface area contributed by atoms with Crippen LogP contribution in [0.15, 0.2) is 34.5 Å². The topological polar surface area (TPSA) is 94.9 Å². The minimum absolute atomic E-state index is 0.0687. The molecule has 1 aromatic rings. The van der Waals surface area contributed by atoms with E-state index in [2.05, 4.69) is 43.2 Å². The van der Waals surface area contributed by atoms with Gasteiger partial charge in [-0.3, -0.25) is 14.4 Å². The first-order valence-electron chi connectivity index (χ1n) is 13.2. The third-order valence-electron chi connectivity index (χ3n) is 5.76. The van der Waals surface area contributed by atoms with Crippen molar-refractivity contribution in [3.8, 4) is 0 Å². The number of likely N-dealkylation sites (N-methyl/N-ethyl adjacent to an activating group) is 1. The largest absolute Gasteiger partial charge is 0.467 e. The van der Waals surface area contributed by atoms with Crippen molar-refractivity contribution in [2.75, 3.05) is 26.7 Å². The molecule has 2 N–H and O–H groups in total. The summed E-state index contributed by atoms with van der Waals surface area (Å²) >= 11 is 0. The molecular weight excluding hydrogens is 456 g/mol. The van der Waals surface area contributed by atoms with Crippen molar-refractivity contribution in [2.24, 2.45) is 5.92 Å². The summed E-state index contributed by atoms with van der Waals surface area (Å²) in [5.41, 5.74) is 0.517. The molecule has 1 aromatic heterocycles. The van der Waals surface area contributed by atoms with Crippen LogP contribution in [-0.2, 0) is 20.9 Å². The normalized spacial score (nSPS) is 14.7. The Bertz CT molecular complexity index is 754. The maximum absolute atomic E-state index is 12.2. The highest BCUT2D eigenvalue weighted by molar-refractivity contribution is 5.93. The molecule has 2 heterocycles. The quantitative estimate of drug-likeness (QED) is 0.363. The van der Waals surface area contributed by atoms with Gasteiger partial charge in [-0.15, -0.1) is 0 Å². The SMILES string of the molecule is C/C(=C\[C@H](C(C)C)N(C)C(=O)CNC=O)C(=O)NCc1ccco1.CC(C)N1CCCCC1.CCC. The molecule has 0 saturated carbocycles. The van der Waals surface area contributed by atoms with E-state index >= 15 is 0 Å². The molecule has 8 nitrogen and oxygen atoms in total. The molecule has 206 valence electrons. The van der Waals surface area contributed by atoms with Crippen LogP contribution >= 0.6 is 0 Å². The summed E-state index contributed by atoms with van der Waals surface area (Å²) in [6, 6.07) is 4.06. The van der Waals surface area contributed by atoms with Crippen LogP contribution in [0.3, 0.4) is 0 Å². The molecular formula is C28H50N4O4. The smallest absolute Gasteiger partial charge is 0.247 e. The van der Waals surface area contributed by atoms with Gasteiger partial charge in [-0.1, -0.05) is 46.6 Å². The van der Waals surface area contributed by atoms with Crippen molar-refractivity contribution < 1.29 is 18.8 Å². The molecule has 0 spiro atoms. The first kappa shape index (κ1) is 33.4. The molecule has 0 aliphatic carbocycles. The number of nitrogens with one attached hydrogen (secondary N) is 2. The number of piperidine rings is 1. The summed E-state index contributed by atoms with van der Waals surface area (Å²) in [7, 11) is 1.66. The number of likely N-dealkylation sites (tertiary alicyclic amines) is 1. The average molecular weight is 507 g/mol. The lowest BCUT2D eigenvalue weighted by molar-refractivity contribution is -0.132. The maximum atomic E-state index is 12.2. The second kappa shape index (κ2) is 19.6. The Balaban J connectivity index is 0.000000838. The molecule has 36 heavy (non-hydrogen) atoms. The van der Waals surface area contributed by atoms with Crippen LogP contribution in [0, 0.1) is 5.92 Å².